The molecule has 8 heteroatoms. The fourth-order valence-electron chi connectivity index (χ4n) is 2.75. The Kier molecular flexibility index (Phi) is 5.64. The summed E-state index contributed by atoms with van der Waals surface area (Å²) in [5.41, 5.74) is 2.84. The van der Waals surface area contributed by atoms with Gasteiger partial charge in [0.2, 0.25) is 17.2 Å². The fourth-order valence-corrected chi connectivity index (χ4v) is 3.91. The minimum absolute atomic E-state index is 0.147. The number of rotatable bonds is 7. The summed E-state index contributed by atoms with van der Waals surface area (Å²) in [5.74, 6) is 0.862. The lowest BCUT2D eigenvalue weighted by atomic mass is 10.2. The van der Waals surface area contributed by atoms with Gasteiger partial charge in [-0.05, 0) is 42.3 Å². The molecular formula is C20H19ClN6S. The van der Waals surface area contributed by atoms with Crippen LogP contribution in [0.25, 0.3) is 20.8 Å². The predicted molar refractivity (Wildman–Crippen MR) is 117 cm³/mol. The van der Waals surface area contributed by atoms with Crippen molar-refractivity contribution in [3.8, 4) is 10.6 Å². The second-order valence-electron chi connectivity index (χ2n) is 6.19. The molecule has 0 bridgehead atoms. The van der Waals surface area contributed by atoms with Gasteiger partial charge in [-0.2, -0.15) is 15.0 Å². The molecule has 0 unspecified atom stereocenters. The molecule has 0 spiro atoms. The van der Waals surface area contributed by atoms with Crippen LogP contribution in [0.2, 0.25) is 5.28 Å². The normalized spacial score (nSPS) is 10.9. The molecule has 4 aromatic rings. The number of anilines is 3. The van der Waals surface area contributed by atoms with Gasteiger partial charge in [0, 0.05) is 12.1 Å². The Morgan fingerprint density at radius 1 is 0.929 bits per heavy atom. The van der Waals surface area contributed by atoms with E-state index < -0.39 is 0 Å². The first-order chi connectivity index (χ1) is 13.7. The van der Waals surface area contributed by atoms with Crippen LogP contribution >= 0.6 is 22.9 Å². The van der Waals surface area contributed by atoms with E-state index in [1.165, 1.54) is 0 Å². The molecule has 28 heavy (non-hydrogen) atoms. The van der Waals surface area contributed by atoms with Crippen LogP contribution in [-0.2, 0) is 0 Å². The van der Waals surface area contributed by atoms with Gasteiger partial charge >= 0.3 is 0 Å². The summed E-state index contributed by atoms with van der Waals surface area (Å²) in [5, 5.41) is 7.53. The van der Waals surface area contributed by atoms with Crippen molar-refractivity contribution in [1.29, 1.82) is 0 Å². The van der Waals surface area contributed by atoms with Gasteiger partial charge in [0.05, 0.1) is 15.9 Å². The van der Waals surface area contributed by atoms with Crippen molar-refractivity contribution in [2.75, 3.05) is 17.2 Å². The van der Waals surface area contributed by atoms with E-state index in [2.05, 4.69) is 38.6 Å². The molecule has 0 fully saturated rings. The van der Waals surface area contributed by atoms with Gasteiger partial charge in [-0.15, -0.1) is 11.3 Å². The molecule has 0 aliphatic carbocycles. The van der Waals surface area contributed by atoms with Crippen LogP contribution < -0.4 is 10.6 Å². The maximum Gasteiger partial charge on any atom is 0.233 e. The minimum atomic E-state index is 0.147. The van der Waals surface area contributed by atoms with E-state index >= 15 is 0 Å². The molecule has 0 amide bonds. The van der Waals surface area contributed by atoms with E-state index in [4.69, 9.17) is 16.6 Å². The Morgan fingerprint density at radius 2 is 1.71 bits per heavy atom. The minimum Gasteiger partial charge on any atom is -0.354 e. The van der Waals surface area contributed by atoms with Crippen LogP contribution in [0.5, 0.6) is 0 Å². The van der Waals surface area contributed by atoms with Gasteiger partial charge in [0.1, 0.15) is 5.01 Å². The van der Waals surface area contributed by atoms with Crippen LogP contribution in [-0.4, -0.2) is 26.5 Å². The number of hydrogen-bond acceptors (Lipinski definition) is 7. The van der Waals surface area contributed by atoms with Crippen LogP contribution in [0.1, 0.15) is 19.8 Å². The molecule has 2 heterocycles. The Hall–Kier alpha value is -2.77. The standard InChI is InChI=1S/C20H19ClN6S/c1-2-3-12-22-19-25-18(21)26-20(27-19)24-14-9-5-4-8-13(14)17-23-15-10-6-7-11-16(15)28-17/h4-11H,2-3,12H2,1H3,(H2,22,24,25,26,27). The number of para-hydroxylation sites is 2. The smallest absolute Gasteiger partial charge is 0.233 e. The number of benzene rings is 2. The molecule has 2 aromatic heterocycles. The average Bonchev–Trinajstić information content (AvgIpc) is 3.12. The number of unbranched alkanes of at least 4 members (excludes halogenated alkanes) is 1. The van der Waals surface area contributed by atoms with E-state index in [9.17, 15) is 0 Å². The zero-order chi connectivity index (χ0) is 19.3. The number of aromatic nitrogens is 4. The first-order valence-electron chi connectivity index (χ1n) is 9.10. The first kappa shape index (κ1) is 18.6. The molecule has 0 saturated heterocycles. The average molecular weight is 411 g/mol. The topological polar surface area (TPSA) is 75.6 Å². The lowest BCUT2D eigenvalue weighted by Gasteiger charge is -2.10. The summed E-state index contributed by atoms with van der Waals surface area (Å²) >= 11 is 7.74. The molecular weight excluding hydrogens is 392 g/mol. The number of nitrogens with zero attached hydrogens (tertiary/aromatic N) is 4. The van der Waals surface area contributed by atoms with Crippen molar-refractivity contribution < 1.29 is 0 Å². The largest absolute Gasteiger partial charge is 0.354 e. The zero-order valence-electron chi connectivity index (χ0n) is 15.3. The van der Waals surface area contributed by atoms with Crippen molar-refractivity contribution in [2.45, 2.75) is 19.8 Å². The summed E-state index contributed by atoms with van der Waals surface area (Å²) in [7, 11) is 0. The second kappa shape index (κ2) is 8.50. The molecule has 0 saturated carbocycles. The molecule has 2 aromatic carbocycles. The summed E-state index contributed by atoms with van der Waals surface area (Å²) in [6, 6.07) is 16.1. The Balaban J connectivity index is 1.64. The highest BCUT2D eigenvalue weighted by Gasteiger charge is 2.12. The maximum atomic E-state index is 6.09. The second-order valence-corrected chi connectivity index (χ2v) is 7.56. The quantitative estimate of drug-likeness (QED) is 0.377. The number of halogens is 1. The third kappa shape index (κ3) is 4.21. The van der Waals surface area contributed by atoms with Gasteiger partial charge in [-0.3, -0.25) is 0 Å². The van der Waals surface area contributed by atoms with E-state index in [0.717, 1.165) is 45.9 Å². The van der Waals surface area contributed by atoms with E-state index in [0.29, 0.717) is 11.9 Å². The molecule has 6 nitrogen and oxygen atoms in total. The number of nitrogens with one attached hydrogen (secondary N) is 2. The highest BCUT2D eigenvalue weighted by atomic mass is 35.5. The molecule has 0 atom stereocenters. The predicted octanol–water partition coefficient (Wildman–Crippen LogP) is 5.76. The monoisotopic (exact) mass is 410 g/mol. The zero-order valence-corrected chi connectivity index (χ0v) is 16.9. The van der Waals surface area contributed by atoms with Gasteiger partial charge in [-0.1, -0.05) is 37.6 Å². The lowest BCUT2D eigenvalue weighted by Crippen LogP contribution is -2.08. The Morgan fingerprint density at radius 3 is 2.57 bits per heavy atom. The van der Waals surface area contributed by atoms with Crippen molar-refractivity contribution >= 4 is 50.7 Å². The van der Waals surface area contributed by atoms with E-state index in [1.54, 1.807) is 11.3 Å². The molecule has 2 N–H and O–H groups in total. The fraction of sp³-hybridized carbons (Fsp3) is 0.200. The van der Waals surface area contributed by atoms with Gasteiger partial charge in [0.15, 0.2) is 0 Å². The molecule has 142 valence electrons. The van der Waals surface area contributed by atoms with Gasteiger partial charge in [0.25, 0.3) is 0 Å². The van der Waals surface area contributed by atoms with Gasteiger partial charge < -0.3 is 10.6 Å². The van der Waals surface area contributed by atoms with E-state index in [-0.39, 0.29) is 5.28 Å². The Bertz CT molecular complexity index is 1060. The van der Waals surface area contributed by atoms with Crippen molar-refractivity contribution in [1.82, 2.24) is 19.9 Å². The molecule has 0 radical (unpaired) electrons. The third-order valence-corrected chi connectivity index (χ3v) is 5.36. The number of thiazole rings is 1. The van der Waals surface area contributed by atoms with Crippen molar-refractivity contribution in [3.63, 3.8) is 0 Å². The SMILES string of the molecule is CCCCNc1nc(Cl)nc(Nc2ccccc2-c2nc3ccccc3s2)n1. The Labute approximate surface area is 172 Å². The van der Waals surface area contributed by atoms with Gasteiger partial charge in [-0.25, -0.2) is 4.98 Å². The van der Waals surface area contributed by atoms with Crippen LogP contribution in [0.4, 0.5) is 17.6 Å². The van der Waals surface area contributed by atoms with Crippen LogP contribution in [0.3, 0.4) is 0 Å². The number of hydrogen-bond donors (Lipinski definition) is 2. The maximum absolute atomic E-state index is 6.09. The lowest BCUT2D eigenvalue weighted by molar-refractivity contribution is 0.824. The van der Waals surface area contributed by atoms with Crippen molar-refractivity contribution in [3.05, 3.63) is 53.8 Å². The summed E-state index contributed by atoms with van der Waals surface area (Å²) in [6.45, 7) is 2.92. The van der Waals surface area contributed by atoms with Crippen LogP contribution in [0.15, 0.2) is 48.5 Å². The highest BCUT2D eigenvalue weighted by molar-refractivity contribution is 7.21. The first-order valence-corrected chi connectivity index (χ1v) is 10.3. The summed E-state index contributed by atoms with van der Waals surface area (Å²) < 4.78 is 1.15. The summed E-state index contributed by atoms with van der Waals surface area (Å²) in [4.78, 5) is 17.5. The molecule has 0 aliphatic rings. The van der Waals surface area contributed by atoms with E-state index in [1.807, 2.05) is 42.5 Å². The van der Waals surface area contributed by atoms with Crippen LogP contribution in [0, 0.1) is 0 Å². The molecule has 4 rings (SSSR count). The summed E-state index contributed by atoms with van der Waals surface area (Å²) in [6.07, 6.45) is 2.12. The third-order valence-electron chi connectivity index (χ3n) is 4.12. The highest BCUT2D eigenvalue weighted by Crippen LogP contribution is 2.35. The van der Waals surface area contributed by atoms with Crippen molar-refractivity contribution in [2.24, 2.45) is 0 Å². The molecule has 0 aliphatic heterocycles. The number of fused-ring (bicyclic) bond motifs is 1.